The molecule has 5 nitrogen and oxygen atoms in total. The standard InChI is InChI=1S/C19H27N3O2/c1-4-15(3)17-9-6-7-10-18(17)22-14-16(13-20)19(23)21-11-8-12-24-5-2/h6-7,9-10,14-15,22H,4-5,8,11-12H2,1-3H3,(H,21,23)/b16-14-. The van der Waals surface area contributed by atoms with Gasteiger partial charge < -0.3 is 15.4 Å². The highest BCUT2D eigenvalue weighted by atomic mass is 16.5. The Morgan fingerprint density at radius 3 is 2.79 bits per heavy atom. The van der Waals surface area contributed by atoms with E-state index in [4.69, 9.17) is 4.74 Å². The molecule has 0 aromatic heterocycles. The molecular weight excluding hydrogens is 302 g/mol. The van der Waals surface area contributed by atoms with E-state index in [1.807, 2.05) is 31.2 Å². The van der Waals surface area contributed by atoms with Crippen molar-refractivity contribution in [3.8, 4) is 6.07 Å². The summed E-state index contributed by atoms with van der Waals surface area (Å²) in [6, 6.07) is 9.88. The fourth-order valence-corrected chi connectivity index (χ4v) is 2.19. The number of amides is 1. The molecule has 0 heterocycles. The van der Waals surface area contributed by atoms with Crippen LogP contribution in [0.1, 0.15) is 45.1 Å². The molecule has 1 aromatic carbocycles. The molecule has 0 radical (unpaired) electrons. The SMILES string of the molecule is CCOCCCNC(=O)/C(C#N)=C\Nc1ccccc1C(C)CC. The van der Waals surface area contributed by atoms with Crippen LogP contribution in [0.25, 0.3) is 0 Å². The van der Waals surface area contributed by atoms with Gasteiger partial charge in [-0.15, -0.1) is 0 Å². The summed E-state index contributed by atoms with van der Waals surface area (Å²) in [5.41, 5.74) is 2.15. The number of rotatable bonds is 10. The summed E-state index contributed by atoms with van der Waals surface area (Å²) in [6.45, 7) is 7.97. The van der Waals surface area contributed by atoms with Crippen molar-refractivity contribution in [1.82, 2.24) is 5.32 Å². The van der Waals surface area contributed by atoms with Gasteiger partial charge in [-0.2, -0.15) is 5.26 Å². The smallest absolute Gasteiger partial charge is 0.263 e. The maximum Gasteiger partial charge on any atom is 0.263 e. The van der Waals surface area contributed by atoms with Crippen LogP contribution in [0.2, 0.25) is 0 Å². The summed E-state index contributed by atoms with van der Waals surface area (Å²) < 4.78 is 5.21. The van der Waals surface area contributed by atoms with Crippen molar-refractivity contribution in [2.45, 2.75) is 39.5 Å². The number of nitrogens with one attached hydrogen (secondary N) is 2. The number of hydrogen-bond donors (Lipinski definition) is 2. The minimum atomic E-state index is -0.373. The number of ether oxygens (including phenoxy) is 1. The Bertz CT molecular complexity index is 591. The largest absolute Gasteiger partial charge is 0.382 e. The molecule has 0 aliphatic rings. The predicted octanol–water partition coefficient (Wildman–Crippen LogP) is 3.56. The zero-order valence-corrected chi connectivity index (χ0v) is 14.8. The van der Waals surface area contributed by atoms with Crippen LogP contribution in [0.5, 0.6) is 0 Å². The molecule has 24 heavy (non-hydrogen) atoms. The number of carbonyl (C=O) groups excluding carboxylic acids is 1. The van der Waals surface area contributed by atoms with E-state index in [0.29, 0.717) is 25.7 Å². The Kier molecular flexibility index (Phi) is 9.25. The van der Waals surface area contributed by atoms with Crippen LogP contribution in [-0.4, -0.2) is 25.7 Å². The lowest BCUT2D eigenvalue weighted by molar-refractivity contribution is -0.117. The first-order valence-corrected chi connectivity index (χ1v) is 8.45. The van der Waals surface area contributed by atoms with E-state index in [2.05, 4.69) is 30.5 Å². The van der Waals surface area contributed by atoms with Crippen molar-refractivity contribution in [3.63, 3.8) is 0 Å². The Hall–Kier alpha value is -2.32. The molecule has 0 saturated heterocycles. The molecule has 0 saturated carbocycles. The van der Waals surface area contributed by atoms with Gasteiger partial charge >= 0.3 is 0 Å². The van der Waals surface area contributed by atoms with Crippen LogP contribution in [0, 0.1) is 11.3 Å². The number of nitriles is 1. The first kappa shape index (κ1) is 19.7. The number of para-hydroxylation sites is 1. The van der Waals surface area contributed by atoms with Crippen LogP contribution in [0.15, 0.2) is 36.0 Å². The van der Waals surface area contributed by atoms with Gasteiger partial charge in [-0.1, -0.05) is 32.0 Å². The second-order valence-electron chi connectivity index (χ2n) is 5.52. The zero-order chi connectivity index (χ0) is 17.8. The molecule has 0 bridgehead atoms. The molecule has 1 rings (SSSR count). The molecule has 1 atom stereocenters. The monoisotopic (exact) mass is 329 g/mol. The maximum atomic E-state index is 12.0. The number of hydrogen-bond acceptors (Lipinski definition) is 4. The molecule has 1 unspecified atom stereocenters. The van der Waals surface area contributed by atoms with E-state index < -0.39 is 0 Å². The van der Waals surface area contributed by atoms with Crippen LogP contribution in [0.4, 0.5) is 5.69 Å². The molecule has 0 aliphatic carbocycles. The van der Waals surface area contributed by atoms with Crippen molar-refractivity contribution < 1.29 is 9.53 Å². The number of anilines is 1. The summed E-state index contributed by atoms with van der Waals surface area (Å²) in [5, 5.41) is 15.0. The average molecular weight is 329 g/mol. The normalized spacial score (nSPS) is 12.3. The number of benzene rings is 1. The fourth-order valence-electron chi connectivity index (χ4n) is 2.19. The molecule has 2 N–H and O–H groups in total. The van der Waals surface area contributed by atoms with E-state index in [1.54, 1.807) is 0 Å². The van der Waals surface area contributed by atoms with Crippen molar-refractivity contribution in [2.75, 3.05) is 25.1 Å². The third-order valence-electron chi connectivity index (χ3n) is 3.80. The van der Waals surface area contributed by atoms with Gasteiger partial charge in [0.15, 0.2) is 0 Å². The minimum Gasteiger partial charge on any atom is -0.382 e. The van der Waals surface area contributed by atoms with Gasteiger partial charge in [-0.3, -0.25) is 4.79 Å². The Labute approximate surface area is 144 Å². The molecule has 0 spiro atoms. The predicted molar refractivity (Wildman–Crippen MR) is 96.6 cm³/mol. The molecule has 1 aromatic rings. The van der Waals surface area contributed by atoms with Gasteiger partial charge in [0.25, 0.3) is 5.91 Å². The highest BCUT2D eigenvalue weighted by Crippen LogP contribution is 2.26. The first-order valence-electron chi connectivity index (χ1n) is 8.45. The summed E-state index contributed by atoms with van der Waals surface area (Å²) in [6.07, 6.45) is 3.22. The zero-order valence-electron chi connectivity index (χ0n) is 14.8. The van der Waals surface area contributed by atoms with Gasteiger partial charge in [0.1, 0.15) is 11.6 Å². The van der Waals surface area contributed by atoms with Gasteiger partial charge in [0.2, 0.25) is 0 Å². The first-order chi connectivity index (χ1) is 11.6. The van der Waals surface area contributed by atoms with E-state index in [0.717, 1.165) is 18.5 Å². The summed E-state index contributed by atoms with van der Waals surface area (Å²) >= 11 is 0. The molecule has 0 fully saturated rings. The average Bonchev–Trinajstić information content (AvgIpc) is 2.61. The Morgan fingerprint density at radius 1 is 1.38 bits per heavy atom. The summed E-state index contributed by atoms with van der Waals surface area (Å²) in [5.74, 6) is 0.0301. The lowest BCUT2D eigenvalue weighted by Crippen LogP contribution is -2.26. The van der Waals surface area contributed by atoms with Crippen molar-refractivity contribution in [2.24, 2.45) is 0 Å². The van der Waals surface area contributed by atoms with Crippen molar-refractivity contribution in [1.29, 1.82) is 5.26 Å². The van der Waals surface area contributed by atoms with Crippen LogP contribution in [-0.2, 0) is 9.53 Å². The van der Waals surface area contributed by atoms with Crippen LogP contribution in [0.3, 0.4) is 0 Å². The molecule has 0 aliphatic heterocycles. The third-order valence-corrected chi connectivity index (χ3v) is 3.80. The van der Waals surface area contributed by atoms with Gasteiger partial charge in [-0.25, -0.2) is 0 Å². The Balaban J connectivity index is 2.66. The van der Waals surface area contributed by atoms with E-state index in [-0.39, 0.29) is 11.5 Å². The molecule has 1 amide bonds. The van der Waals surface area contributed by atoms with Crippen molar-refractivity contribution >= 4 is 11.6 Å². The third kappa shape index (κ3) is 6.43. The van der Waals surface area contributed by atoms with E-state index in [9.17, 15) is 10.1 Å². The highest BCUT2D eigenvalue weighted by Gasteiger charge is 2.10. The van der Waals surface area contributed by atoms with Gasteiger partial charge in [0.05, 0.1) is 0 Å². The second kappa shape index (κ2) is 11.3. The van der Waals surface area contributed by atoms with Crippen LogP contribution < -0.4 is 10.6 Å². The fraction of sp³-hybridized carbons (Fsp3) is 0.474. The highest BCUT2D eigenvalue weighted by molar-refractivity contribution is 5.97. The Morgan fingerprint density at radius 2 is 2.12 bits per heavy atom. The van der Waals surface area contributed by atoms with Crippen LogP contribution >= 0.6 is 0 Å². The quantitative estimate of drug-likeness (QED) is 0.391. The maximum absolute atomic E-state index is 12.0. The summed E-state index contributed by atoms with van der Waals surface area (Å²) in [4.78, 5) is 12.0. The molecule has 130 valence electrons. The number of carbonyl (C=O) groups is 1. The number of nitrogens with zero attached hydrogens (tertiary/aromatic N) is 1. The summed E-state index contributed by atoms with van der Waals surface area (Å²) in [7, 11) is 0. The molecule has 5 heteroatoms. The van der Waals surface area contributed by atoms with Crippen molar-refractivity contribution in [3.05, 3.63) is 41.6 Å². The van der Waals surface area contributed by atoms with Gasteiger partial charge in [0, 0.05) is 31.6 Å². The van der Waals surface area contributed by atoms with Gasteiger partial charge in [-0.05, 0) is 37.3 Å². The minimum absolute atomic E-state index is 0.0605. The topological polar surface area (TPSA) is 74.1 Å². The lowest BCUT2D eigenvalue weighted by atomic mass is 9.97. The van der Waals surface area contributed by atoms with E-state index >= 15 is 0 Å². The van der Waals surface area contributed by atoms with E-state index in [1.165, 1.54) is 11.8 Å². The molecular formula is C19H27N3O2. The second-order valence-corrected chi connectivity index (χ2v) is 5.52. The lowest BCUT2D eigenvalue weighted by Gasteiger charge is -2.14.